The summed E-state index contributed by atoms with van der Waals surface area (Å²) in [4.78, 5) is 14.7. The Morgan fingerprint density at radius 3 is 2.31 bits per heavy atom. The Morgan fingerprint density at radius 1 is 1.12 bits per heavy atom. The molecule has 1 aliphatic heterocycles. The predicted octanol–water partition coefficient (Wildman–Crippen LogP) is 4.04. The largest absolute Gasteiger partial charge is 0.417 e. The second-order valence-electron chi connectivity index (χ2n) is 7.57. The van der Waals surface area contributed by atoms with Crippen LogP contribution in [-0.4, -0.2) is 40.2 Å². The van der Waals surface area contributed by atoms with E-state index in [0.717, 1.165) is 55.6 Å². The molecule has 0 aromatic heterocycles. The number of rotatable bonds is 7. The van der Waals surface area contributed by atoms with E-state index in [9.17, 15) is 26.4 Å². The van der Waals surface area contributed by atoms with E-state index in [-0.39, 0.29) is 12.2 Å². The standard InChI is InChI=1S/C21H23ClF3N3O3S/c1-32(30,31)28(17-8-9-19(22)18(12-17)21(23,24)25)14-20(29)26-13-15-4-6-16(7-5-15)27-10-2-3-11-27/h4-9,12H,2-3,10-11,13-14H2,1H3,(H,26,29). The molecule has 174 valence electrons. The maximum atomic E-state index is 13.2. The van der Waals surface area contributed by atoms with Gasteiger partial charge in [-0.15, -0.1) is 0 Å². The lowest BCUT2D eigenvalue weighted by Gasteiger charge is -2.23. The summed E-state index contributed by atoms with van der Waals surface area (Å²) >= 11 is 5.61. The number of alkyl halides is 3. The lowest BCUT2D eigenvalue weighted by Crippen LogP contribution is -2.40. The van der Waals surface area contributed by atoms with E-state index in [0.29, 0.717) is 10.4 Å². The molecule has 0 bridgehead atoms. The lowest BCUT2D eigenvalue weighted by molar-refractivity contribution is -0.137. The highest BCUT2D eigenvalue weighted by atomic mass is 35.5. The molecular formula is C21H23ClF3N3O3S. The molecule has 0 aliphatic carbocycles. The molecule has 2 aromatic rings. The van der Waals surface area contributed by atoms with Crippen LogP contribution in [0.25, 0.3) is 0 Å². The van der Waals surface area contributed by atoms with E-state index in [1.54, 1.807) is 0 Å². The van der Waals surface area contributed by atoms with Crippen molar-refractivity contribution in [3.05, 3.63) is 58.6 Å². The number of sulfonamides is 1. The van der Waals surface area contributed by atoms with E-state index >= 15 is 0 Å². The number of carbonyl (C=O) groups is 1. The smallest absolute Gasteiger partial charge is 0.372 e. The monoisotopic (exact) mass is 489 g/mol. The van der Waals surface area contributed by atoms with Crippen molar-refractivity contribution in [2.24, 2.45) is 0 Å². The van der Waals surface area contributed by atoms with Crippen molar-refractivity contribution in [2.45, 2.75) is 25.6 Å². The van der Waals surface area contributed by atoms with Crippen molar-refractivity contribution in [2.75, 3.05) is 35.1 Å². The van der Waals surface area contributed by atoms with Gasteiger partial charge in [0, 0.05) is 25.3 Å². The summed E-state index contributed by atoms with van der Waals surface area (Å²) in [6, 6.07) is 10.4. The van der Waals surface area contributed by atoms with Crippen LogP contribution in [-0.2, 0) is 27.5 Å². The molecule has 0 atom stereocenters. The number of carbonyl (C=O) groups excluding carboxylic acids is 1. The first-order valence-corrected chi connectivity index (χ1v) is 12.1. The molecule has 6 nitrogen and oxygen atoms in total. The normalized spacial score (nSPS) is 14.5. The van der Waals surface area contributed by atoms with Crippen LogP contribution in [0, 0.1) is 0 Å². The van der Waals surface area contributed by atoms with Gasteiger partial charge in [0.15, 0.2) is 0 Å². The fraction of sp³-hybridized carbons (Fsp3) is 0.381. The topological polar surface area (TPSA) is 69.7 Å². The van der Waals surface area contributed by atoms with Crippen LogP contribution >= 0.6 is 11.6 Å². The summed E-state index contributed by atoms with van der Waals surface area (Å²) in [5.41, 5.74) is 0.445. The van der Waals surface area contributed by atoms with E-state index in [2.05, 4.69) is 10.2 Å². The highest BCUT2D eigenvalue weighted by molar-refractivity contribution is 7.92. The fourth-order valence-electron chi connectivity index (χ4n) is 3.47. The Balaban J connectivity index is 1.68. The molecule has 0 saturated carbocycles. The van der Waals surface area contributed by atoms with Gasteiger partial charge >= 0.3 is 6.18 Å². The Bertz CT molecular complexity index is 1070. The molecular weight excluding hydrogens is 467 g/mol. The van der Waals surface area contributed by atoms with Crippen LogP contribution in [0.15, 0.2) is 42.5 Å². The SMILES string of the molecule is CS(=O)(=O)N(CC(=O)NCc1ccc(N2CCCC2)cc1)c1ccc(Cl)c(C(F)(F)F)c1. The van der Waals surface area contributed by atoms with Crippen LogP contribution in [0.4, 0.5) is 24.5 Å². The third kappa shape index (κ3) is 6.07. The van der Waals surface area contributed by atoms with Gasteiger partial charge in [-0.25, -0.2) is 8.42 Å². The zero-order chi connectivity index (χ0) is 23.5. The predicted molar refractivity (Wildman–Crippen MR) is 118 cm³/mol. The highest BCUT2D eigenvalue weighted by Gasteiger charge is 2.34. The molecule has 1 amide bonds. The van der Waals surface area contributed by atoms with Crippen molar-refractivity contribution in [1.29, 1.82) is 0 Å². The summed E-state index contributed by atoms with van der Waals surface area (Å²) in [6.07, 6.45) is -1.63. The first-order valence-electron chi connectivity index (χ1n) is 9.90. The number of benzene rings is 2. The van der Waals surface area contributed by atoms with Gasteiger partial charge in [0.05, 0.1) is 22.5 Å². The van der Waals surface area contributed by atoms with Gasteiger partial charge < -0.3 is 10.2 Å². The van der Waals surface area contributed by atoms with Crippen molar-refractivity contribution in [1.82, 2.24) is 5.32 Å². The third-order valence-electron chi connectivity index (χ3n) is 5.13. The van der Waals surface area contributed by atoms with Gasteiger partial charge in [-0.05, 0) is 48.7 Å². The summed E-state index contributed by atoms with van der Waals surface area (Å²) in [7, 11) is -4.03. The fourth-order valence-corrected chi connectivity index (χ4v) is 4.55. The zero-order valence-electron chi connectivity index (χ0n) is 17.3. The molecule has 32 heavy (non-hydrogen) atoms. The quantitative estimate of drug-likeness (QED) is 0.637. The summed E-state index contributed by atoms with van der Waals surface area (Å²) in [5, 5.41) is 2.05. The molecule has 1 saturated heterocycles. The van der Waals surface area contributed by atoms with Crippen LogP contribution in [0.2, 0.25) is 5.02 Å². The number of hydrogen-bond acceptors (Lipinski definition) is 4. The Hall–Kier alpha value is -2.46. The maximum absolute atomic E-state index is 13.2. The van der Waals surface area contributed by atoms with E-state index in [4.69, 9.17) is 11.6 Å². The van der Waals surface area contributed by atoms with Crippen molar-refractivity contribution in [3.63, 3.8) is 0 Å². The molecule has 1 N–H and O–H groups in total. The number of amides is 1. The summed E-state index contributed by atoms with van der Waals surface area (Å²) < 4.78 is 64.4. The zero-order valence-corrected chi connectivity index (χ0v) is 18.9. The number of halogens is 4. The minimum atomic E-state index is -4.76. The number of anilines is 2. The third-order valence-corrected chi connectivity index (χ3v) is 6.60. The molecule has 0 spiro atoms. The van der Waals surface area contributed by atoms with Gasteiger partial charge in [-0.1, -0.05) is 23.7 Å². The molecule has 1 heterocycles. The average Bonchev–Trinajstić information content (AvgIpc) is 3.25. The average molecular weight is 490 g/mol. The van der Waals surface area contributed by atoms with Crippen molar-refractivity contribution < 1.29 is 26.4 Å². The second-order valence-corrected chi connectivity index (χ2v) is 9.88. The second kappa shape index (κ2) is 9.58. The molecule has 0 radical (unpaired) electrons. The Labute approximate surface area is 190 Å². The summed E-state index contributed by atoms with van der Waals surface area (Å²) in [6.45, 7) is 1.52. The molecule has 11 heteroatoms. The van der Waals surface area contributed by atoms with Crippen LogP contribution < -0.4 is 14.5 Å². The van der Waals surface area contributed by atoms with E-state index < -0.39 is 39.2 Å². The molecule has 1 fully saturated rings. The van der Waals surface area contributed by atoms with Gasteiger partial charge in [0.1, 0.15) is 6.54 Å². The molecule has 1 aliphatic rings. The van der Waals surface area contributed by atoms with E-state index in [1.165, 1.54) is 0 Å². The minimum Gasteiger partial charge on any atom is -0.372 e. The maximum Gasteiger partial charge on any atom is 0.417 e. The Morgan fingerprint density at radius 2 is 1.75 bits per heavy atom. The van der Waals surface area contributed by atoms with Crippen molar-refractivity contribution >= 4 is 38.9 Å². The number of nitrogens with zero attached hydrogens (tertiary/aromatic N) is 2. The molecule has 0 unspecified atom stereocenters. The number of nitrogens with one attached hydrogen (secondary N) is 1. The lowest BCUT2D eigenvalue weighted by atomic mass is 10.2. The van der Waals surface area contributed by atoms with Gasteiger partial charge in [-0.3, -0.25) is 9.10 Å². The molecule has 3 rings (SSSR count). The van der Waals surface area contributed by atoms with Crippen LogP contribution in [0.5, 0.6) is 0 Å². The van der Waals surface area contributed by atoms with E-state index in [1.807, 2.05) is 24.3 Å². The summed E-state index contributed by atoms with van der Waals surface area (Å²) in [5.74, 6) is -0.650. The number of hydrogen-bond donors (Lipinski definition) is 1. The van der Waals surface area contributed by atoms with Crippen LogP contribution in [0.3, 0.4) is 0 Å². The van der Waals surface area contributed by atoms with Gasteiger partial charge in [-0.2, -0.15) is 13.2 Å². The highest BCUT2D eigenvalue weighted by Crippen LogP contribution is 2.37. The van der Waals surface area contributed by atoms with Gasteiger partial charge in [0.2, 0.25) is 15.9 Å². The van der Waals surface area contributed by atoms with Crippen LogP contribution in [0.1, 0.15) is 24.0 Å². The Kier molecular flexibility index (Phi) is 7.24. The first-order chi connectivity index (χ1) is 14.9. The van der Waals surface area contributed by atoms with Crippen molar-refractivity contribution in [3.8, 4) is 0 Å². The first kappa shape index (κ1) is 24.2. The molecule has 2 aromatic carbocycles. The van der Waals surface area contributed by atoms with Gasteiger partial charge in [0.25, 0.3) is 0 Å². The minimum absolute atomic E-state index is 0.158.